The van der Waals surface area contributed by atoms with E-state index in [1.807, 2.05) is 35.5 Å². The fourth-order valence-electron chi connectivity index (χ4n) is 2.11. The van der Waals surface area contributed by atoms with Gasteiger partial charge in [-0.15, -0.1) is 0 Å². The van der Waals surface area contributed by atoms with E-state index in [4.69, 9.17) is 5.73 Å². The van der Waals surface area contributed by atoms with E-state index in [9.17, 15) is 4.79 Å². The molecule has 0 aromatic heterocycles. The second-order valence-electron chi connectivity index (χ2n) is 3.88. The van der Waals surface area contributed by atoms with Crippen LogP contribution in [0.3, 0.4) is 0 Å². The summed E-state index contributed by atoms with van der Waals surface area (Å²) in [5, 5.41) is 3.18. The number of rotatable bonds is 1. The molecule has 3 rings (SSSR count). The Kier molecular flexibility index (Phi) is 1.77. The first-order valence-corrected chi connectivity index (χ1v) is 5.09. The van der Waals surface area contributed by atoms with E-state index in [1.54, 1.807) is 6.20 Å². The van der Waals surface area contributed by atoms with Gasteiger partial charge in [-0.2, -0.15) is 0 Å². The maximum atomic E-state index is 11.2. The fraction of sp³-hybridized carbons (Fsp3) is 0.0833. The minimum atomic E-state index is -0.358. The number of hydrogen-bond donors (Lipinski definition) is 2. The average molecular weight is 213 g/mol. The van der Waals surface area contributed by atoms with Crippen molar-refractivity contribution < 1.29 is 4.79 Å². The summed E-state index contributed by atoms with van der Waals surface area (Å²) in [5.41, 5.74) is 9.24. The lowest BCUT2D eigenvalue weighted by Gasteiger charge is -2.30. The monoisotopic (exact) mass is 213 g/mol. The van der Waals surface area contributed by atoms with E-state index >= 15 is 0 Å². The van der Waals surface area contributed by atoms with Crippen LogP contribution in [0.15, 0.2) is 42.4 Å². The molecule has 3 N–H and O–H groups in total. The molecule has 2 aliphatic rings. The summed E-state index contributed by atoms with van der Waals surface area (Å²) in [6.07, 6.45) is 6.12. The molecule has 4 heteroatoms. The number of nitrogens with zero attached hydrogens (tertiary/aromatic N) is 1. The van der Waals surface area contributed by atoms with Gasteiger partial charge in [-0.1, -0.05) is 12.1 Å². The molecule has 0 bridgehead atoms. The van der Waals surface area contributed by atoms with Crippen molar-refractivity contribution in [2.45, 2.75) is 6.42 Å². The summed E-state index contributed by atoms with van der Waals surface area (Å²) in [4.78, 5) is 13.2. The highest BCUT2D eigenvalue weighted by atomic mass is 16.1. The van der Waals surface area contributed by atoms with Crippen LogP contribution in [0.2, 0.25) is 0 Å². The Labute approximate surface area is 93.0 Å². The first-order chi connectivity index (χ1) is 7.75. The number of nitrogens with two attached hydrogens (primary N) is 1. The summed E-state index contributed by atoms with van der Waals surface area (Å²) >= 11 is 0. The average Bonchev–Trinajstić information content (AvgIpc) is 2.29. The van der Waals surface area contributed by atoms with Crippen molar-refractivity contribution in [3.8, 4) is 0 Å². The van der Waals surface area contributed by atoms with E-state index < -0.39 is 0 Å². The second-order valence-corrected chi connectivity index (χ2v) is 3.88. The normalized spacial score (nSPS) is 16.2. The molecule has 0 fully saturated rings. The number of para-hydroxylation sites is 1. The van der Waals surface area contributed by atoms with E-state index in [0.717, 1.165) is 16.9 Å². The van der Waals surface area contributed by atoms with Crippen LogP contribution in [0.5, 0.6) is 0 Å². The van der Waals surface area contributed by atoms with Crippen molar-refractivity contribution in [3.05, 3.63) is 47.9 Å². The highest BCUT2D eigenvalue weighted by molar-refractivity contribution is 5.95. The highest BCUT2D eigenvalue weighted by Gasteiger charge is 2.22. The van der Waals surface area contributed by atoms with Gasteiger partial charge in [0.15, 0.2) is 0 Å². The molecule has 1 aromatic carbocycles. The fourth-order valence-corrected chi connectivity index (χ4v) is 2.11. The molecule has 16 heavy (non-hydrogen) atoms. The van der Waals surface area contributed by atoms with Gasteiger partial charge in [-0.05, 0) is 11.6 Å². The molecule has 2 heterocycles. The van der Waals surface area contributed by atoms with E-state index in [0.29, 0.717) is 12.0 Å². The molecule has 1 amide bonds. The zero-order chi connectivity index (χ0) is 11.1. The Balaban J connectivity index is 2.16. The summed E-state index contributed by atoms with van der Waals surface area (Å²) in [6, 6.07) is 6.00. The molecule has 0 spiro atoms. The third kappa shape index (κ3) is 1.20. The van der Waals surface area contributed by atoms with Gasteiger partial charge in [-0.25, -0.2) is 0 Å². The number of benzene rings is 1. The molecule has 0 saturated carbocycles. The van der Waals surface area contributed by atoms with Crippen molar-refractivity contribution in [2.24, 2.45) is 5.73 Å². The topological polar surface area (TPSA) is 58.4 Å². The Bertz CT molecular complexity index is 531. The highest BCUT2D eigenvalue weighted by Crippen LogP contribution is 2.37. The number of anilines is 2. The molecule has 2 aliphatic heterocycles. The molecule has 0 unspecified atom stereocenters. The van der Waals surface area contributed by atoms with Crippen LogP contribution in [-0.4, -0.2) is 5.91 Å². The molecular weight excluding hydrogens is 202 g/mol. The summed E-state index contributed by atoms with van der Waals surface area (Å²) in [7, 11) is 0. The number of amides is 1. The van der Waals surface area contributed by atoms with Crippen molar-refractivity contribution in [3.63, 3.8) is 0 Å². The quantitative estimate of drug-likeness (QED) is 0.739. The lowest BCUT2D eigenvalue weighted by Crippen LogP contribution is -2.26. The summed E-state index contributed by atoms with van der Waals surface area (Å²) < 4.78 is 0. The maximum Gasteiger partial charge on any atom is 0.246 e. The van der Waals surface area contributed by atoms with Gasteiger partial charge >= 0.3 is 0 Å². The minimum Gasteiger partial charge on any atom is -0.366 e. The maximum absolute atomic E-state index is 11.2. The standard InChI is InChI=1S/C12H11N3O/c13-12(16)9-6-8-2-1-3-10-11(8)15(7-9)5-4-14-10/h1-5,7,14H,6H2,(H2,13,16). The Morgan fingerprint density at radius 3 is 3.12 bits per heavy atom. The zero-order valence-corrected chi connectivity index (χ0v) is 8.60. The second kappa shape index (κ2) is 3.13. The van der Waals surface area contributed by atoms with Gasteiger partial charge in [0.2, 0.25) is 5.91 Å². The lowest BCUT2D eigenvalue weighted by molar-refractivity contribution is -0.114. The third-order valence-electron chi connectivity index (χ3n) is 2.84. The molecule has 4 nitrogen and oxygen atoms in total. The Hall–Kier alpha value is -2.23. The lowest BCUT2D eigenvalue weighted by atomic mass is 9.97. The van der Waals surface area contributed by atoms with Crippen LogP contribution in [0.1, 0.15) is 5.56 Å². The number of hydrogen-bond acceptors (Lipinski definition) is 3. The van der Waals surface area contributed by atoms with Gasteiger partial charge in [0, 0.05) is 30.6 Å². The Morgan fingerprint density at radius 1 is 1.44 bits per heavy atom. The van der Waals surface area contributed by atoms with Crippen LogP contribution in [0.4, 0.5) is 11.4 Å². The van der Waals surface area contributed by atoms with Crippen LogP contribution in [0, 0.1) is 0 Å². The molecule has 0 saturated heterocycles. The van der Waals surface area contributed by atoms with Crippen molar-refractivity contribution in [2.75, 3.05) is 10.2 Å². The predicted octanol–water partition coefficient (Wildman–Crippen LogP) is 1.31. The molecule has 80 valence electrons. The molecule has 0 aliphatic carbocycles. The van der Waals surface area contributed by atoms with Gasteiger partial charge in [0.1, 0.15) is 0 Å². The number of nitrogens with one attached hydrogen (secondary N) is 1. The predicted molar refractivity (Wildman–Crippen MR) is 62.7 cm³/mol. The van der Waals surface area contributed by atoms with Crippen molar-refractivity contribution >= 4 is 17.3 Å². The number of carbonyl (C=O) groups excluding carboxylic acids is 1. The minimum absolute atomic E-state index is 0.358. The molecule has 0 radical (unpaired) electrons. The molecule has 0 atom stereocenters. The van der Waals surface area contributed by atoms with Crippen LogP contribution in [0.25, 0.3) is 0 Å². The van der Waals surface area contributed by atoms with Gasteiger partial charge in [0.05, 0.1) is 11.4 Å². The zero-order valence-electron chi connectivity index (χ0n) is 8.60. The smallest absolute Gasteiger partial charge is 0.246 e. The number of primary amides is 1. The third-order valence-corrected chi connectivity index (χ3v) is 2.84. The van der Waals surface area contributed by atoms with Crippen molar-refractivity contribution in [1.29, 1.82) is 0 Å². The van der Waals surface area contributed by atoms with Gasteiger partial charge < -0.3 is 16.0 Å². The first-order valence-electron chi connectivity index (χ1n) is 5.09. The van der Waals surface area contributed by atoms with E-state index in [1.165, 1.54) is 0 Å². The van der Waals surface area contributed by atoms with Crippen LogP contribution in [-0.2, 0) is 11.2 Å². The van der Waals surface area contributed by atoms with Crippen molar-refractivity contribution in [1.82, 2.24) is 0 Å². The summed E-state index contributed by atoms with van der Waals surface area (Å²) in [6.45, 7) is 0. The Morgan fingerprint density at radius 2 is 2.31 bits per heavy atom. The number of carbonyl (C=O) groups is 1. The molecular formula is C12H11N3O. The van der Waals surface area contributed by atoms with Crippen LogP contribution < -0.4 is 16.0 Å². The molecule has 1 aromatic rings. The van der Waals surface area contributed by atoms with E-state index in [-0.39, 0.29) is 5.91 Å². The SMILES string of the molecule is NC(=O)C1=CN2C=CNc3cccc(c32)C1. The first kappa shape index (κ1) is 9.03. The largest absolute Gasteiger partial charge is 0.366 e. The van der Waals surface area contributed by atoms with E-state index in [2.05, 4.69) is 5.32 Å². The van der Waals surface area contributed by atoms with Gasteiger partial charge in [-0.3, -0.25) is 4.79 Å². The summed E-state index contributed by atoms with van der Waals surface area (Å²) in [5.74, 6) is -0.358. The van der Waals surface area contributed by atoms with Gasteiger partial charge in [0.25, 0.3) is 0 Å². The van der Waals surface area contributed by atoms with Crippen LogP contribution >= 0.6 is 0 Å².